The quantitative estimate of drug-likeness (QED) is 0.724. The van der Waals surface area contributed by atoms with Crippen LogP contribution in [0.5, 0.6) is 0 Å². The second-order valence-electron chi connectivity index (χ2n) is 4.04. The Kier molecular flexibility index (Phi) is 3.28. The molecule has 0 aliphatic rings. The molecule has 0 amide bonds. The molecule has 0 fully saturated rings. The van der Waals surface area contributed by atoms with Crippen LogP contribution in [0.15, 0.2) is 36.4 Å². The molecule has 0 radical (unpaired) electrons. The molecule has 0 unspecified atom stereocenters. The standard InChI is InChI=1S/C14H12F3N/c1-9-5-3-4-6-11(9)18(2)12-8-7-10(15)13(16)14(12)17/h3-8H,1-2H3. The van der Waals surface area contributed by atoms with Gasteiger partial charge in [-0.2, -0.15) is 0 Å². The van der Waals surface area contributed by atoms with Crippen molar-refractivity contribution in [1.82, 2.24) is 0 Å². The molecule has 2 aromatic carbocycles. The van der Waals surface area contributed by atoms with Crippen LogP contribution < -0.4 is 4.90 Å². The summed E-state index contributed by atoms with van der Waals surface area (Å²) in [6.07, 6.45) is 0. The van der Waals surface area contributed by atoms with Gasteiger partial charge in [0, 0.05) is 12.7 Å². The highest BCUT2D eigenvalue weighted by molar-refractivity contribution is 5.66. The minimum absolute atomic E-state index is 0.00296. The Labute approximate surface area is 103 Å². The van der Waals surface area contributed by atoms with Crippen LogP contribution in [0.3, 0.4) is 0 Å². The summed E-state index contributed by atoms with van der Waals surface area (Å²) in [6, 6.07) is 9.45. The lowest BCUT2D eigenvalue weighted by molar-refractivity contribution is 0.448. The smallest absolute Gasteiger partial charge is 0.196 e. The first-order chi connectivity index (χ1) is 8.52. The molecule has 18 heavy (non-hydrogen) atoms. The summed E-state index contributed by atoms with van der Waals surface area (Å²) in [5, 5.41) is 0. The Hall–Kier alpha value is -1.97. The normalized spacial score (nSPS) is 10.5. The van der Waals surface area contributed by atoms with Crippen molar-refractivity contribution in [3.63, 3.8) is 0 Å². The van der Waals surface area contributed by atoms with E-state index in [1.54, 1.807) is 19.2 Å². The highest BCUT2D eigenvalue weighted by Gasteiger charge is 2.17. The SMILES string of the molecule is Cc1ccccc1N(C)c1ccc(F)c(F)c1F. The second-order valence-corrected chi connectivity index (χ2v) is 4.04. The maximum atomic E-state index is 13.7. The first-order valence-electron chi connectivity index (χ1n) is 5.45. The molecular weight excluding hydrogens is 239 g/mol. The number of nitrogens with zero attached hydrogens (tertiary/aromatic N) is 1. The summed E-state index contributed by atoms with van der Waals surface area (Å²) in [5.41, 5.74) is 1.66. The van der Waals surface area contributed by atoms with Gasteiger partial charge in [-0.3, -0.25) is 0 Å². The van der Waals surface area contributed by atoms with Gasteiger partial charge in [-0.1, -0.05) is 18.2 Å². The number of anilines is 2. The lowest BCUT2D eigenvalue weighted by atomic mass is 10.1. The zero-order chi connectivity index (χ0) is 13.3. The molecule has 0 aliphatic heterocycles. The van der Waals surface area contributed by atoms with E-state index >= 15 is 0 Å². The molecule has 0 saturated heterocycles. The second kappa shape index (κ2) is 4.72. The fourth-order valence-electron chi connectivity index (χ4n) is 1.84. The van der Waals surface area contributed by atoms with Gasteiger partial charge in [0.05, 0.1) is 5.69 Å². The zero-order valence-corrected chi connectivity index (χ0v) is 10.0. The van der Waals surface area contributed by atoms with Crippen LogP contribution in [0.4, 0.5) is 24.5 Å². The Morgan fingerprint density at radius 3 is 2.17 bits per heavy atom. The van der Waals surface area contributed by atoms with Crippen molar-refractivity contribution in [3.8, 4) is 0 Å². The van der Waals surface area contributed by atoms with E-state index in [2.05, 4.69) is 0 Å². The lowest BCUT2D eigenvalue weighted by Crippen LogP contribution is -2.13. The van der Waals surface area contributed by atoms with Crippen LogP contribution in [0.1, 0.15) is 5.56 Å². The summed E-state index contributed by atoms with van der Waals surface area (Å²) in [7, 11) is 1.61. The molecule has 4 heteroatoms. The van der Waals surface area contributed by atoms with Crippen LogP contribution in [-0.4, -0.2) is 7.05 Å². The number of para-hydroxylation sites is 1. The van der Waals surface area contributed by atoms with Crippen molar-refractivity contribution >= 4 is 11.4 Å². The van der Waals surface area contributed by atoms with Crippen molar-refractivity contribution < 1.29 is 13.2 Å². The number of hydrogen-bond acceptors (Lipinski definition) is 1. The van der Waals surface area contributed by atoms with E-state index in [4.69, 9.17) is 0 Å². The number of rotatable bonds is 2. The molecule has 2 aromatic rings. The minimum atomic E-state index is -1.45. The van der Waals surface area contributed by atoms with Crippen molar-refractivity contribution in [3.05, 3.63) is 59.4 Å². The molecule has 0 aliphatic carbocycles. The molecule has 0 heterocycles. The predicted molar refractivity (Wildman–Crippen MR) is 65.6 cm³/mol. The van der Waals surface area contributed by atoms with Crippen LogP contribution in [-0.2, 0) is 0 Å². The summed E-state index contributed by atoms with van der Waals surface area (Å²) in [4.78, 5) is 1.49. The van der Waals surface area contributed by atoms with E-state index < -0.39 is 17.5 Å². The number of hydrogen-bond donors (Lipinski definition) is 0. The average molecular weight is 251 g/mol. The Balaban J connectivity index is 2.50. The van der Waals surface area contributed by atoms with E-state index in [0.717, 1.165) is 17.3 Å². The van der Waals surface area contributed by atoms with E-state index in [9.17, 15) is 13.2 Å². The van der Waals surface area contributed by atoms with Crippen LogP contribution in [0.2, 0.25) is 0 Å². The number of halogens is 3. The summed E-state index contributed by atoms with van der Waals surface area (Å²) in [5.74, 6) is -3.82. The first-order valence-corrected chi connectivity index (χ1v) is 5.45. The van der Waals surface area contributed by atoms with E-state index in [0.29, 0.717) is 0 Å². The van der Waals surface area contributed by atoms with Crippen LogP contribution in [0.25, 0.3) is 0 Å². The Bertz CT molecular complexity index is 581. The third-order valence-corrected chi connectivity index (χ3v) is 2.85. The zero-order valence-electron chi connectivity index (χ0n) is 10.0. The van der Waals surface area contributed by atoms with Gasteiger partial charge >= 0.3 is 0 Å². The molecule has 94 valence electrons. The minimum Gasteiger partial charge on any atom is -0.342 e. The van der Waals surface area contributed by atoms with Gasteiger partial charge in [0.25, 0.3) is 0 Å². The Morgan fingerprint density at radius 2 is 1.50 bits per heavy atom. The third kappa shape index (κ3) is 2.06. The number of benzene rings is 2. The molecule has 2 rings (SSSR count). The van der Waals surface area contributed by atoms with E-state index in [1.807, 2.05) is 19.1 Å². The first kappa shape index (κ1) is 12.5. The van der Waals surface area contributed by atoms with Gasteiger partial charge in [0.15, 0.2) is 17.5 Å². The van der Waals surface area contributed by atoms with Gasteiger partial charge in [-0.05, 0) is 30.7 Å². The molecule has 0 atom stereocenters. The molecule has 1 nitrogen and oxygen atoms in total. The summed E-state index contributed by atoms with van der Waals surface area (Å²) < 4.78 is 39.7. The van der Waals surface area contributed by atoms with Crippen LogP contribution >= 0.6 is 0 Å². The summed E-state index contributed by atoms with van der Waals surface area (Å²) in [6.45, 7) is 1.86. The number of aryl methyl sites for hydroxylation is 1. The molecule has 0 bridgehead atoms. The molecule has 0 saturated carbocycles. The molecule has 0 spiro atoms. The van der Waals surface area contributed by atoms with Gasteiger partial charge < -0.3 is 4.90 Å². The molecule has 0 N–H and O–H groups in total. The largest absolute Gasteiger partial charge is 0.342 e. The summed E-state index contributed by atoms with van der Waals surface area (Å²) >= 11 is 0. The topological polar surface area (TPSA) is 3.24 Å². The maximum Gasteiger partial charge on any atom is 0.196 e. The van der Waals surface area contributed by atoms with Crippen molar-refractivity contribution in [2.24, 2.45) is 0 Å². The highest BCUT2D eigenvalue weighted by atomic mass is 19.2. The van der Waals surface area contributed by atoms with Gasteiger partial charge in [0.1, 0.15) is 0 Å². The fraction of sp³-hybridized carbons (Fsp3) is 0.143. The maximum absolute atomic E-state index is 13.7. The highest BCUT2D eigenvalue weighted by Crippen LogP contribution is 2.30. The molecule has 0 aromatic heterocycles. The third-order valence-electron chi connectivity index (χ3n) is 2.85. The van der Waals surface area contributed by atoms with Gasteiger partial charge in [-0.15, -0.1) is 0 Å². The van der Waals surface area contributed by atoms with Crippen LogP contribution in [0, 0.1) is 24.4 Å². The average Bonchev–Trinajstić information content (AvgIpc) is 2.36. The van der Waals surface area contributed by atoms with Crippen molar-refractivity contribution in [2.75, 3.05) is 11.9 Å². The fourth-order valence-corrected chi connectivity index (χ4v) is 1.84. The monoisotopic (exact) mass is 251 g/mol. The Morgan fingerprint density at radius 1 is 0.833 bits per heavy atom. The van der Waals surface area contributed by atoms with E-state index in [1.165, 1.54) is 11.0 Å². The predicted octanol–water partition coefficient (Wildman–Crippen LogP) is 4.18. The molecular formula is C14H12F3N. The van der Waals surface area contributed by atoms with Gasteiger partial charge in [-0.25, -0.2) is 13.2 Å². The lowest BCUT2D eigenvalue weighted by Gasteiger charge is -2.22. The van der Waals surface area contributed by atoms with Gasteiger partial charge in [0.2, 0.25) is 0 Å². The van der Waals surface area contributed by atoms with E-state index in [-0.39, 0.29) is 5.69 Å². The van der Waals surface area contributed by atoms with Crippen molar-refractivity contribution in [2.45, 2.75) is 6.92 Å². The van der Waals surface area contributed by atoms with Crippen molar-refractivity contribution in [1.29, 1.82) is 0 Å².